The van der Waals surface area contributed by atoms with E-state index < -0.39 is 5.91 Å². The Labute approximate surface area is 186 Å². The third-order valence-electron chi connectivity index (χ3n) is 5.55. The standard InChI is InChI=1S/C25H24N4O3/c1-18-6-2-4-8-22(18)27-25(31)19(15-26)14-20-16-29(23-9-5-3-7-21(20)23)17-24(30)28-10-12-32-13-11-28/h2-9,14,16H,10-13,17H2,1H3,(H,27,31)/b19-14+. The Morgan fingerprint density at radius 1 is 1.12 bits per heavy atom. The van der Waals surface area contributed by atoms with Crippen molar-refractivity contribution >= 4 is 34.5 Å². The van der Waals surface area contributed by atoms with Crippen LogP contribution in [0.3, 0.4) is 0 Å². The van der Waals surface area contributed by atoms with E-state index in [1.807, 2.05) is 66.2 Å². The molecule has 1 fully saturated rings. The first-order chi connectivity index (χ1) is 15.6. The molecular weight excluding hydrogens is 404 g/mol. The van der Waals surface area contributed by atoms with Crippen molar-refractivity contribution in [2.75, 3.05) is 31.6 Å². The summed E-state index contributed by atoms with van der Waals surface area (Å²) >= 11 is 0. The zero-order valence-corrected chi connectivity index (χ0v) is 17.9. The second-order valence-corrected chi connectivity index (χ2v) is 7.66. The molecule has 0 radical (unpaired) electrons. The van der Waals surface area contributed by atoms with Gasteiger partial charge < -0.3 is 19.5 Å². The minimum Gasteiger partial charge on any atom is -0.378 e. The number of benzene rings is 2. The van der Waals surface area contributed by atoms with Gasteiger partial charge in [-0.3, -0.25) is 9.59 Å². The van der Waals surface area contributed by atoms with Crippen LogP contribution in [0.1, 0.15) is 11.1 Å². The highest BCUT2D eigenvalue weighted by atomic mass is 16.5. The molecular formula is C25H24N4O3. The molecule has 2 aromatic carbocycles. The SMILES string of the molecule is Cc1ccccc1NC(=O)/C(C#N)=C/c1cn(CC(=O)N2CCOCC2)c2ccccc12. The van der Waals surface area contributed by atoms with Crippen molar-refractivity contribution in [3.63, 3.8) is 0 Å². The molecule has 2 heterocycles. The summed E-state index contributed by atoms with van der Waals surface area (Å²) < 4.78 is 7.19. The lowest BCUT2D eigenvalue weighted by Gasteiger charge is -2.27. The van der Waals surface area contributed by atoms with Gasteiger partial charge in [-0.05, 0) is 30.7 Å². The molecule has 0 aliphatic carbocycles. The summed E-state index contributed by atoms with van der Waals surface area (Å²) in [5.74, 6) is -0.453. The molecule has 0 spiro atoms. The van der Waals surface area contributed by atoms with Crippen LogP contribution < -0.4 is 5.32 Å². The summed E-state index contributed by atoms with van der Waals surface area (Å²) in [6.07, 6.45) is 3.40. The molecule has 1 N–H and O–H groups in total. The van der Waals surface area contributed by atoms with Gasteiger partial charge in [0, 0.05) is 41.4 Å². The van der Waals surface area contributed by atoms with Crippen molar-refractivity contribution in [2.45, 2.75) is 13.5 Å². The third kappa shape index (κ3) is 4.56. The van der Waals surface area contributed by atoms with Crippen LogP contribution in [0.4, 0.5) is 5.69 Å². The average Bonchev–Trinajstić information content (AvgIpc) is 3.16. The largest absolute Gasteiger partial charge is 0.378 e. The summed E-state index contributed by atoms with van der Waals surface area (Å²) in [5.41, 5.74) is 3.16. The van der Waals surface area contributed by atoms with E-state index in [2.05, 4.69) is 5.32 Å². The lowest BCUT2D eigenvalue weighted by molar-refractivity contribution is -0.135. The van der Waals surface area contributed by atoms with E-state index in [9.17, 15) is 14.9 Å². The maximum atomic E-state index is 12.8. The van der Waals surface area contributed by atoms with Crippen LogP contribution in [0.15, 0.2) is 60.3 Å². The van der Waals surface area contributed by atoms with Crippen LogP contribution in [0.25, 0.3) is 17.0 Å². The van der Waals surface area contributed by atoms with Crippen LogP contribution in [0.2, 0.25) is 0 Å². The van der Waals surface area contributed by atoms with E-state index in [-0.39, 0.29) is 18.0 Å². The number of para-hydroxylation sites is 2. The number of aryl methyl sites for hydroxylation is 1. The number of fused-ring (bicyclic) bond motifs is 1. The van der Waals surface area contributed by atoms with Crippen molar-refractivity contribution in [2.24, 2.45) is 0 Å². The van der Waals surface area contributed by atoms with Gasteiger partial charge in [0.05, 0.1) is 13.2 Å². The lowest BCUT2D eigenvalue weighted by Crippen LogP contribution is -2.42. The van der Waals surface area contributed by atoms with Crippen LogP contribution in [-0.4, -0.2) is 47.6 Å². The fourth-order valence-corrected chi connectivity index (χ4v) is 3.79. The fraction of sp³-hybridized carbons (Fsp3) is 0.240. The minimum absolute atomic E-state index is 0.00402. The summed E-state index contributed by atoms with van der Waals surface area (Å²) in [5, 5.41) is 13.3. The highest BCUT2D eigenvalue weighted by molar-refractivity contribution is 6.11. The number of nitrogens with zero attached hydrogens (tertiary/aromatic N) is 3. The normalized spacial score (nSPS) is 14.2. The van der Waals surface area contributed by atoms with Crippen molar-refractivity contribution in [1.29, 1.82) is 5.26 Å². The molecule has 0 unspecified atom stereocenters. The van der Waals surface area contributed by atoms with Gasteiger partial charge in [-0.2, -0.15) is 5.26 Å². The van der Waals surface area contributed by atoms with Crippen molar-refractivity contribution < 1.29 is 14.3 Å². The maximum Gasteiger partial charge on any atom is 0.266 e. The monoisotopic (exact) mass is 428 g/mol. The molecule has 7 heteroatoms. The summed E-state index contributed by atoms with van der Waals surface area (Å²) in [6, 6.07) is 17.1. The number of amides is 2. The minimum atomic E-state index is -0.469. The van der Waals surface area contributed by atoms with Gasteiger partial charge in [-0.15, -0.1) is 0 Å². The van der Waals surface area contributed by atoms with Gasteiger partial charge in [0.2, 0.25) is 5.91 Å². The fourth-order valence-electron chi connectivity index (χ4n) is 3.79. The van der Waals surface area contributed by atoms with E-state index in [0.717, 1.165) is 16.5 Å². The number of nitriles is 1. The summed E-state index contributed by atoms with van der Waals surface area (Å²) in [7, 11) is 0. The first-order valence-corrected chi connectivity index (χ1v) is 10.5. The highest BCUT2D eigenvalue weighted by Gasteiger charge is 2.19. The Morgan fingerprint density at radius 2 is 1.84 bits per heavy atom. The molecule has 1 aromatic heterocycles. The topological polar surface area (TPSA) is 87.4 Å². The molecule has 1 aliphatic rings. The second-order valence-electron chi connectivity index (χ2n) is 7.66. The molecule has 2 amide bonds. The second kappa shape index (κ2) is 9.50. The van der Waals surface area contributed by atoms with E-state index >= 15 is 0 Å². The molecule has 0 bridgehead atoms. The first kappa shape index (κ1) is 21.3. The number of hydrogen-bond acceptors (Lipinski definition) is 4. The Balaban J connectivity index is 1.62. The quantitative estimate of drug-likeness (QED) is 0.499. The van der Waals surface area contributed by atoms with Gasteiger partial charge in [-0.1, -0.05) is 36.4 Å². The third-order valence-corrected chi connectivity index (χ3v) is 5.55. The number of morpholine rings is 1. The number of carbonyl (C=O) groups is 2. The zero-order valence-electron chi connectivity index (χ0n) is 17.9. The van der Waals surface area contributed by atoms with E-state index in [1.54, 1.807) is 17.0 Å². The van der Waals surface area contributed by atoms with Gasteiger partial charge in [0.25, 0.3) is 5.91 Å². The number of rotatable bonds is 5. The van der Waals surface area contributed by atoms with Crippen LogP contribution in [-0.2, 0) is 20.9 Å². The van der Waals surface area contributed by atoms with Crippen molar-refractivity contribution in [3.05, 3.63) is 71.4 Å². The number of anilines is 1. The number of hydrogen-bond donors (Lipinski definition) is 1. The average molecular weight is 428 g/mol. The molecule has 4 rings (SSSR count). The van der Waals surface area contributed by atoms with Crippen LogP contribution >= 0.6 is 0 Å². The predicted octanol–water partition coefficient (Wildman–Crippen LogP) is 3.35. The zero-order chi connectivity index (χ0) is 22.5. The molecule has 32 heavy (non-hydrogen) atoms. The van der Waals surface area contributed by atoms with Gasteiger partial charge in [0.15, 0.2) is 0 Å². The van der Waals surface area contributed by atoms with Crippen LogP contribution in [0, 0.1) is 18.3 Å². The molecule has 0 saturated carbocycles. The molecule has 162 valence electrons. The van der Waals surface area contributed by atoms with E-state index in [0.29, 0.717) is 37.6 Å². The van der Waals surface area contributed by atoms with Crippen LogP contribution in [0.5, 0.6) is 0 Å². The van der Waals surface area contributed by atoms with E-state index in [4.69, 9.17) is 4.74 Å². The summed E-state index contributed by atoms with van der Waals surface area (Å²) in [4.78, 5) is 27.3. The smallest absolute Gasteiger partial charge is 0.266 e. The Kier molecular flexibility index (Phi) is 6.34. The van der Waals surface area contributed by atoms with Crippen molar-refractivity contribution in [3.8, 4) is 6.07 Å². The van der Waals surface area contributed by atoms with Crippen molar-refractivity contribution in [1.82, 2.24) is 9.47 Å². The number of carbonyl (C=O) groups excluding carboxylic acids is 2. The van der Waals surface area contributed by atoms with Gasteiger partial charge in [-0.25, -0.2) is 0 Å². The molecule has 1 saturated heterocycles. The molecule has 3 aromatic rings. The number of ether oxygens (including phenoxy) is 1. The predicted molar refractivity (Wildman–Crippen MR) is 123 cm³/mol. The Morgan fingerprint density at radius 3 is 2.59 bits per heavy atom. The molecule has 0 atom stereocenters. The Hall–Kier alpha value is -3.89. The first-order valence-electron chi connectivity index (χ1n) is 10.5. The highest BCUT2D eigenvalue weighted by Crippen LogP contribution is 2.24. The van der Waals surface area contributed by atoms with Gasteiger partial charge >= 0.3 is 0 Å². The lowest BCUT2D eigenvalue weighted by atomic mass is 10.1. The van der Waals surface area contributed by atoms with Gasteiger partial charge in [0.1, 0.15) is 18.2 Å². The number of aromatic nitrogens is 1. The number of nitrogens with one attached hydrogen (secondary N) is 1. The molecule has 7 nitrogen and oxygen atoms in total. The summed E-state index contributed by atoms with van der Waals surface area (Å²) in [6.45, 7) is 4.35. The molecule has 1 aliphatic heterocycles. The Bertz CT molecular complexity index is 1230. The maximum absolute atomic E-state index is 12.8. The van der Waals surface area contributed by atoms with E-state index in [1.165, 1.54) is 0 Å².